The third-order valence-corrected chi connectivity index (χ3v) is 7.31. The molecule has 0 saturated heterocycles. The summed E-state index contributed by atoms with van der Waals surface area (Å²) in [5.41, 5.74) is 1.99. The third-order valence-electron chi connectivity index (χ3n) is 6.71. The summed E-state index contributed by atoms with van der Waals surface area (Å²) in [4.78, 5) is 16.2. The summed E-state index contributed by atoms with van der Waals surface area (Å²) in [6.07, 6.45) is 9.40. The molecule has 9 nitrogen and oxygen atoms in total. The van der Waals surface area contributed by atoms with Gasteiger partial charge in [-0.25, -0.2) is 8.42 Å². The molecule has 0 aliphatic heterocycles. The molecule has 0 radical (unpaired) electrons. The van der Waals surface area contributed by atoms with Gasteiger partial charge in [0.15, 0.2) is 5.78 Å². The van der Waals surface area contributed by atoms with Crippen molar-refractivity contribution in [1.82, 2.24) is 4.90 Å². The van der Waals surface area contributed by atoms with E-state index in [1.54, 1.807) is 30.3 Å². The Bertz CT molecular complexity index is 1300. The van der Waals surface area contributed by atoms with Crippen LogP contribution in [0.1, 0.15) is 87.4 Å². The first-order chi connectivity index (χ1) is 18.8. The molecular weight excluding hydrogens is 584 g/mol. The molecule has 11 heteroatoms. The first kappa shape index (κ1) is 40.3. The van der Waals surface area contributed by atoms with Gasteiger partial charge >= 0.3 is 37.7 Å². The predicted octanol–water partition coefficient (Wildman–Crippen LogP) is 6.31. The molecule has 2 aromatic carbocycles. The number of sulfonamides is 1. The number of carbonyl (C=O) groups excluding carboxylic acids is 1. The summed E-state index contributed by atoms with van der Waals surface area (Å²) in [6, 6.07) is 12.3. The van der Waals surface area contributed by atoms with E-state index in [-0.39, 0.29) is 54.5 Å². The van der Waals surface area contributed by atoms with Gasteiger partial charge in [-0.3, -0.25) is 9.52 Å². The number of furan rings is 1. The van der Waals surface area contributed by atoms with E-state index in [1.807, 2.05) is 12.1 Å². The van der Waals surface area contributed by atoms with Crippen molar-refractivity contribution >= 4 is 70.2 Å². The number of rotatable bonds is 18. The molecular formula is C31H46CaN2O7S. The van der Waals surface area contributed by atoms with Crippen LogP contribution < -0.4 is 9.46 Å². The number of carbonyl (C=O) groups is 1. The molecule has 0 atom stereocenters. The summed E-state index contributed by atoms with van der Waals surface area (Å²) in [6.45, 7) is 10.5. The van der Waals surface area contributed by atoms with Gasteiger partial charge in [0.05, 0.1) is 18.4 Å². The van der Waals surface area contributed by atoms with E-state index in [4.69, 9.17) is 9.15 Å². The maximum atomic E-state index is 13.7. The van der Waals surface area contributed by atoms with Crippen LogP contribution in [0, 0.1) is 0 Å². The SMILES string of the molecule is CCCCc1oc2ccc(NS(C)(=O)=O)cc2c1C(=O)c1ccc(OCCCN(CCCC)CCCC)cc1.[Ca+2].[OH-].[OH-]. The van der Waals surface area contributed by atoms with Crippen molar-refractivity contribution in [1.29, 1.82) is 0 Å². The van der Waals surface area contributed by atoms with Crippen LogP contribution >= 0.6 is 0 Å². The first-order valence-electron chi connectivity index (χ1n) is 14.3. The zero-order valence-corrected chi connectivity index (χ0v) is 28.5. The minimum absolute atomic E-state index is 0. The minimum Gasteiger partial charge on any atom is -0.870 e. The summed E-state index contributed by atoms with van der Waals surface area (Å²) < 4.78 is 38.0. The number of hydrogen-bond donors (Lipinski definition) is 1. The van der Waals surface area contributed by atoms with Gasteiger partial charge in [0.2, 0.25) is 10.0 Å². The van der Waals surface area contributed by atoms with E-state index in [0.717, 1.165) is 50.9 Å². The van der Waals surface area contributed by atoms with Crippen LogP contribution in [0.2, 0.25) is 0 Å². The average molecular weight is 631 g/mol. The minimum atomic E-state index is -3.45. The topological polar surface area (TPSA) is 149 Å². The summed E-state index contributed by atoms with van der Waals surface area (Å²) in [5, 5.41) is 0.607. The fourth-order valence-electron chi connectivity index (χ4n) is 4.61. The third kappa shape index (κ3) is 12.5. The standard InChI is InChI=1S/C31H44N2O5S.Ca.2H2O/c1-5-8-12-29-30(27-23-25(32-39(4,35)36)15-18-28(27)38-29)31(34)24-13-16-26(17-14-24)37-22-11-21-33(19-9-6-2)20-10-7-3;;;/h13-18,23,32H,5-12,19-22H2,1-4H3;;2*1H2/q;+2;;/p-2. The maximum Gasteiger partial charge on any atom is 2.00 e. The van der Waals surface area contributed by atoms with Crippen LogP contribution in [0.5, 0.6) is 5.75 Å². The van der Waals surface area contributed by atoms with Crippen LogP contribution in [0.3, 0.4) is 0 Å². The van der Waals surface area contributed by atoms with E-state index in [0.29, 0.717) is 46.6 Å². The molecule has 3 N–H and O–H groups in total. The molecule has 0 unspecified atom stereocenters. The number of hydrogen-bond acceptors (Lipinski definition) is 8. The molecule has 0 amide bonds. The van der Waals surface area contributed by atoms with Gasteiger partial charge in [-0.15, -0.1) is 0 Å². The van der Waals surface area contributed by atoms with Crippen molar-refractivity contribution in [2.45, 2.75) is 72.1 Å². The number of fused-ring (bicyclic) bond motifs is 1. The Hall–Kier alpha value is -1.66. The Balaban J connectivity index is 0.00000560. The number of ketones is 1. The molecule has 0 fully saturated rings. The molecule has 0 spiro atoms. The molecule has 230 valence electrons. The monoisotopic (exact) mass is 630 g/mol. The van der Waals surface area contributed by atoms with Crippen molar-refractivity contribution in [3.05, 3.63) is 59.4 Å². The quantitative estimate of drug-likeness (QED) is 0.0976. The second-order valence-corrected chi connectivity index (χ2v) is 11.9. The van der Waals surface area contributed by atoms with Gasteiger partial charge < -0.3 is 25.0 Å². The second kappa shape index (κ2) is 20.3. The van der Waals surface area contributed by atoms with Crippen LogP contribution in [0.15, 0.2) is 46.9 Å². The number of anilines is 1. The van der Waals surface area contributed by atoms with Crippen molar-refractivity contribution < 1.29 is 33.3 Å². The number of unbranched alkanes of at least 4 members (excludes halogenated alkanes) is 3. The number of nitrogens with zero attached hydrogens (tertiary/aromatic N) is 1. The van der Waals surface area contributed by atoms with Crippen molar-refractivity contribution in [2.24, 2.45) is 0 Å². The molecule has 0 saturated carbocycles. The van der Waals surface area contributed by atoms with Gasteiger partial charge in [0, 0.05) is 29.6 Å². The molecule has 3 aromatic rings. The van der Waals surface area contributed by atoms with Crippen LogP contribution in [-0.2, 0) is 16.4 Å². The Morgan fingerprint density at radius 1 is 0.881 bits per heavy atom. The largest absolute Gasteiger partial charge is 2.00 e. The predicted molar refractivity (Wildman–Crippen MR) is 169 cm³/mol. The fourth-order valence-corrected chi connectivity index (χ4v) is 5.17. The van der Waals surface area contributed by atoms with Gasteiger partial charge in [-0.05, 0) is 81.2 Å². The second-order valence-electron chi connectivity index (χ2n) is 10.2. The Labute approximate surface area is 281 Å². The zero-order valence-electron chi connectivity index (χ0n) is 25.5. The normalized spacial score (nSPS) is 11.0. The molecule has 0 aliphatic rings. The average Bonchev–Trinajstić information content (AvgIpc) is 3.27. The number of aryl methyl sites for hydroxylation is 1. The van der Waals surface area contributed by atoms with E-state index >= 15 is 0 Å². The molecule has 1 aromatic heterocycles. The fraction of sp³-hybridized carbons (Fsp3) is 0.516. The molecule has 3 rings (SSSR count). The van der Waals surface area contributed by atoms with Gasteiger partial charge in [-0.2, -0.15) is 0 Å². The number of ether oxygens (including phenoxy) is 1. The van der Waals surface area contributed by atoms with E-state index < -0.39 is 10.0 Å². The van der Waals surface area contributed by atoms with Crippen LogP contribution in [0.4, 0.5) is 5.69 Å². The Morgan fingerprint density at radius 3 is 2.05 bits per heavy atom. The van der Waals surface area contributed by atoms with E-state index in [1.165, 1.54) is 25.7 Å². The molecule has 42 heavy (non-hydrogen) atoms. The van der Waals surface area contributed by atoms with Crippen LogP contribution in [0.25, 0.3) is 11.0 Å². The Kier molecular flexibility index (Phi) is 19.5. The van der Waals surface area contributed by atoms with Crippen molar-refractivity contribution in [3.8, 4) is 5.75 Å². The van der Waals surface area contributed by atoms with E-state index in [9.17, 15) is 13.2 Å². The number of nitrogens with one attached hydrogen (secondary N) is 1. The van der Waals surface area contributed by atoms with Crippen LogP contribution in [-0.4, -0.2) is 100 Å². The van der Waals surface area contributed by atoms with Gasteiger partial charge in [0.1, 0.15) is 17.1 Å². The summed E-state index contributed by atoms with van der Waals surface area (Å²) in [7, 11) is -3.45. The molecule has 0 bridgehead atoms. The zero-order chi connectivity index (χ0) is 28.3. The smallest absolute Gasteiger partial charge is 0.870 e. The summed E-state index contributed by atoms with van der Waals surface area (Å²) >= 11 is 0. The van der Waals surface area contributed by atoms with Gasteiger partial charge in [0.25, 0.3) is 0 Å². The molecule has 0 aliphatic carbocycles. The summed E-state index contributed by atoms with van der Waals surface area (Å²) in [5.74, 6) is 1.22. The Morgan fingerprint density at radius 2 is 1.48 bits per heavy atom. The molecule has 1 heterocycles. The van der Waals surface area contributed by atoms with E-state index in [2.05, 4.69) is 30.4 Å². The first-order valence-corrected chi connectivity index (χ1v) is 16.2. The van der Waals surface area contributed by atoms with Crippen molar-refractivity contribution in [2.75, 3.05) is 37.2 Å². The maximum absolute atomic E-state index is 13.7. The van der Waals surface area contributed by atoms with Gasteiger partial charge in [-0.1, -0.05) is 40.0 Å². The number of benzene rings is 2. The van der Waals surface area contributed by atoms with Crippen molar-refractivity contribution in [3.63, 3.8) is 0 Å².